The van der Waals surface area contributed by atoms with Gasteiger partial charge < -0.3 is 11.5 Å². The number of unbranched alkanes of at least 4 members (excludes halogenated alkanes) is 1. The van der Waals surface area contributed by atoms with Crippen molar-refractivity contribution < 1.29 is 0 Å². The number of rotatable bonds is 8. The predicted octanol–water partition coefficient (Wildman–Crippen LogP) is 6.79. The van der Waals surface area contributed by atoms with Crippen molar-refractivity contribution in [3.8, 4) is 17.2 Å². The molecule has 0 fully saturated rings. The van der Waals surface area contributed by atoms with Crippen molar-refractivity contribution in [3.05, 3.63) is 109 Å². The predicted molar refractivity (Wildman–Crippen MR) is 139 cm³/mol. The topological polar surface area (TPSA) is 75.8 Å². The first-order valence-corrected chi connectivity index (χ1v) is 11.7. The van der Waals surface area contributed by atoms with Crippen molar-refractivity contribution in [2.24, 2.45) is 11.5 Å². The number of thioether (sulfide) groups is 1. The molecule has 0 atom stereocenters. The monoisotopic (exact) mass is 437 g/mol. The van der Waals surface area contributed by atoms with Gasteiger partial charge in [-0.3, -0.25) is 0 Å². The van der Waals surface area contributed by atoms with Crippen LogP contribution in [0.3, 0.4) is 0 Å². The maximum Gasteiger partial charge on any atom is 0.0988 e. The molecule has 32 heavy (non-hydrogen) atoms. The van der Waals surface area contributed by atoms with Crippen molar-refractivity contribution >= 4 is 28.1 Å². The Morgan fingerprint density at radius 3 is 2.44 bits per heavy atom. The Labute approximate surface area is 194 Å². The number of hydrogen-bond acceptors (Lipinski definition) is 4. The van der Waals surface area contributed by atoms with Crippen LogP contribution in [0, 0.1) is 11.3 Å². The van der Waals surface area contributed by atoms with Crippen LogP contribution in [0.1, 0.15) is 18.4 Å². The highest BCUT2D eigenvalue weighted by Crippen LogP contribution is 2.37. The minimum Gasteiger partial charge on any atom is -0.405 e. The van der Waals surface area contributed by atoms with E-state index in [4.69, 9.17) is 16.7 Å². The number of fused-ring (bicyclic) bond motifs is 1. The van der Waals surface area contributed by atoms with Gasteiger partial charge in [0, 0.05) is 22.2 Å². The van der Waals surface area contributed by atoms with E-state index in [-0.39, 0.29) is 0 Å². The van der Waals surface area contributed by atoms with Gasteiger partial charge in [-0.25, -0.2) is 0 Å². The molecule has 4 N–H and O–H groups in total. The van der Waals surface area contributed by atoms with Crippen LogP contribution in [0.25, 0.3) is 27.5 Å². The minimum absolute atomic E-state index is 0.573. The van der Waals surface area contributed by atoms with Crippen LogP contribution in [0.15, 0.2) is 108 Å². The Kier molecular flexibility index (Phi) is 8.36. The zero-order valence-electron chi connectivity index (χ0n) is 18.2. The van der Waals surface area contributed by atoms with Gasteiger partial charge in [-0.15, -0.1) is 11.8 Å². The molecular formula is C28H27N3S. The number of nitriles is 1. The number of nitrogens with zero attached hydrogens (tertiary/aromatic N) is 1. The molecule has 0 saturated carbocycles. The van der Waals surface area contributed by atoms with Gasteiger partial charge in [0.1, 0.15) is 0 Å². The molecule has 0 aliphatic rings. The Morgan fingerprint density at radius 2 is 1.75 bits per heavy atom. The summed E-state index contributed by atoms with van der Waals surface area (Å²) >= 11 is 1.76. The molecule has 0 heterocycles. The average Bonchev–Trinajstić information content (AvgIpc) is 2.85. The van der Waals surface area contributed by atoms with E-state index in [1.54, 1.807) is 24.0 Å². The molecule has 0 amide bonds. The Morgan fingerprint density at radius 1 is 0.969 bits per heavy atom. The second kappa shape index (κ2) is 11.6. The van der Waals surface area contributed by atoms with Gasteiger partial charge in [0.05, 0.1) is 6.07 Å². The number of nitrogens with two attached hydrogens (primary N) is 2. The molecular weight excluding hydrogens is 410 g/mol. The van der Waals surface area contributed by atoms with Gasteiger partial charge in [0.25, 0.3) is 0 Å². The molecule has 0 aliphatic heterocycles. The van der Waals surface area contributed by atoms with E-state index in [0.717, 1.165) is 24.0 Å². The van der Waals surface area contributed by atoms with E-state index in [0.29, 0.717) is 5.57 Å². The summed E-state index contributed by atoms with van der Waals surface area (Å²) in [5, 5.41) is 11.5. The summed E-state index contributed by atoms with van der Waals surface area (Å²) in [6.07, 6.45) is 14.3. The minimum atomic E-state index is 0.573. The molecule has 0 aromatic heterocycles. The molecule has 3 rings (SSSR count). The fraction of sp³-hybridized carbons (Fsp3) is 0.107. The van der Waals surface area contributed by atoms with E-state index < -0.39 is 0 Å². The largest absolute Gasteiger partial charge is 0.405 e. The Hall–Kier alpha value is -3.68. The van der Waals surface area contributed by atoms with E-state index in [1.165, 1.54) is 33.0 Å². The van der Waals surface area contributed by atoms with Crippen molar-refractivity contribution in [2.45, 2.75) is 17.7 Å². The quantitative estimate of drug-likeness (QED) is 0.176. The van der Waals surface area contributed by atoms with Crippen LogP contribution in [-0.4, -0.2) is 6.26 Å². The maximum atomic E-state index is 9.01. The van der Waals surface area contributed by atoms with Crippen LogP contribution in [0.4, 0.5) is 0 Å². The second-order valence-corrected chi connectivity index (χ2v) is 8.02. The smallest absolute Gasteiger partial charge is 0.0988 e. The van der Waals surface area contributed by atoms with Gasteiger partial charge in [-0.05, 0) is 64.9 Å². The van der Waals surface area contributed by atoms with Crippen LogP contribution in [0.5, 0.6) is 0 Å². The number of allylic oxidation sites excluding steroid dienone is 6. The lowest BCUT2D eigenvalue weighted by Gasteiger charge is -2.13. The second-order valence-electron chi connectivity index (χ2n) is 7.17. The Bertz CT molecular complexity index is 1230. The summed E-state index contributed by atoms with van der Waals surface area (Å²) in [5.41, 5.74) is 16.3. The van der Waals surface area contributed by atoms with E-state index in [1.807, 2.05) is 12.2 Å². The summed E-state index contributed by atoms with van der Waals surface area (Å²) in [6.45, 7) is 0. The van der Waals surface area contributed by atoms with Crippen molar-refractivity contribution in [1.82, 2.24) is 0 Å². The molecule has 0 spiro atoms. The van der Waals surface area contributed by atoms with Crippen LogP contribution in [-0.2, 0) is 0 Å². The molecule has 4 heteroatoms. The normalized spacial score (nSPS) is 12.6. The summed E-state index contributed by atoms with van der Waals surface area (Å²) in [4.78, 5) is 1.26. The van der Waals surface area contributed by atoms with Gasteiger partial charge >= 0.3 is 0 Å². The van der Waals surface area contributed by atoms with Gasteiger partial charge in [-0.1, -0.05) is 72.8 Å². The van der Waals surface area contributed by atoms with Gasteiger partial charge in [0.15, 0.2) is 0 Å². The standard InChI is InChI=1S/C28H27N3S/c1-32-27-16-15-23-8-5-6-10-26(23)28(27)24-13-11-22(12-14-24)25(20-31)9-4-2-3-7-21(19-30)17-18-29/h4-18,20H,2-3,29,31H2,1H3/b9-4-,18-17-,21-7+,25-20+. The molecule has 0 bridgehead atoms. The molecule has 0 aliphatic carbocycles. The Balaban J connectivity index is 1.80. The zero-order chi connectivity index (χ0) is 22.8. The van der Waals surface area contributed by atoms with Crippen molar-refractivity contribution in [1.29, 1.82) is 5.26 Å². The molecule has 3 aromatic carbocycles. The lowest BCUT2D eigenvalue weighted by Crippen LogP contribution is -1.89. The first-order valence-electron chi connectivity index (χ1n) is 10.4. The zero-order valence-corrected chi connectivity index (χ0v) is 19.0. The van der Waals surface area contributed by atoms with Gasteiger partial charge in [0.2, 0.25) is 0 Å². The molecule has 160 valence electrons. The SMILES string of the molecule is CSc1ccc2ccccc2c1-c1ccc(C(/C=C\CC/C=C(C#N)\C=C/N)=C/N)cc1. The number of hydrogen-bond donors (Lipinski definition) is 2. The third-order valence-corrected chi connectivity index (χ3v) is 5.98. The summed E-state index contributed by atoms with van der Waals surface area (Å²) < 4.78 is 0. The summed E-state index contributed by atoms with van der Waals surface area (Å²) in [6, 6.07) is 23.5. The van der Waals surface area contributed by atoms with Crippen LogP contribution >= 0.6 is 11.8 Å². The van der Waals surface area contributed by atoms with Gasteiger partial charge in [-0.2, -0.15) is 5.26 Å². The first kappa shape index (κ1) is 23.0. The highest BCUT2D eigenvalue weighted by atomic mass is 32.2. The molecule has 0 saturated heterocycles. The first-order chi connectivity index (χ1) is 15.7. The highest BCUT2D eigenvalue weighted by Gasteiger charge is 2.10. The third kappa shape index (κ3) is 5.51. The molecule has 0 unspecified atom stereocenters. The van der Waals surface area contributed by atoms with Crippen LogP contribution in [0.2, 0.25) is 0 Å². The molecule has 3 aromatic rings. The summed E-state index contributed by atoms with van der Waals surface area (Å²) in [5.74, 6) is 0. The highest BCUT2D eigenvalue weighted by molar-refractivity contribution is 7.98. The summed E-state index contributed by atoms with van der Waals surface area (Å²) in [7, 11) is 0. The van der Waals surface area contributed by atoms with E-state index in [9.17, 15) is 0 Å². The van der Waals surface area contributed by atoms with Crippen LogP contribution < -0.4 is 11.5 Å². The van der Waals surface area contributed by atoms with E-state index in [2.05, 4.69) is 79.1 Å². The van der Waals surface area contributed by atoms with E-state index >= 15 is 0 Å². The molecule has 3 nitrogen and oxygen atoms in total. The maximum absolute atomic E-state index is 9.01. The number of benzene rings is 3. The van der Waals surface area contributed by atoms with Crippen molar-refractivity contribution in [3.63, 3.8) is 0 Å². The lowest BCUT2D eigenvalue weighted by atomic mass is 9.96. The van der Waals surface area contributed by atoms with Crippen molar-refractivity contribution in [2.75, 3.05) is 6.26 Å². The third-order valence-electron chi connectivity index (χ3n) is 5.20. The fourth-order valence-electron chi connectivity index (χ4n) is 3.60. The molecule has 0 radical (unpaired) electrons. The fourth-order valence-corrected chi connectivity index (χ4v) is 4.23. The average molecular weight is 438 g/mol. The lowest BCUT2D eigenvalue weighted by molar-refractivity contribution is 1.05.